The first kappa shape index (κ1) is 19.4. The van der Waals surface area contributed by atoms with Gasteiger partial charge in [-0.25, -0.2) is 0 Å². The van der Waals surface area contributed by atoms with Crippen LogP contribution in [0.1, 0.15) is 62.5 Å². The molecule has 1 amide bonds. The second kappa shape index (κ2) is 8.65. The number of hydrogen-bond acceptors (Lipinski definition) is 2. The van der Waals surface area contributed by atoms with E-state index in [1.807, 2.05) is 24.3 Å². The molecule has 2 saturated carbocycles. The van der Waals surface area contributed by atoms with Crippen LogP contribution in [0.15, 0.2) is 48.8 Å². The first-order chi connectivity index (χ1) is 13.6. The highest BCUT2D eigenvalue weighted by Crippen LogP contribution is 2.53. The monoisotopic (exact) mass is 396 g/mol. The van der Waals surface area contributed by atoms with Crippen LogP contribution in [0, 0.1) is 11.8 Å². The third-order valence-electron chi connectivity index (χ3n) is 6.77. The molecule has 0 aliphatic heterocycles. The fourth-order valence-corrected chi connectivity index (χ4v) is 5.63. The van der Waals surface area contributed by atoms with Gasteiger partial charge < -0.3 is 5.32 Å². The third-order valence-corrected chi connectivity index (χ3v) is 7.02. The minimum Gasteiger partial charge on any atom is -0.352 e. The highest BCUT2D eigenvalue weighted by molar-refractivity contribution is 6.30. The van der Waals surface area contributed by atoms with Crippen molar-refractivity contribution in [3.8, 4) is 0 Å². The van der Waals surface area contributed by atoms with Gasteiger partial charge in [-0.05, 0) is 84.7 Å². The molecule has 3 nitrogen and oxygen atoms in total. The Hall–Kier alpha value is -1.87. The standard InChI is InChI=1S/C24H29ClN2O/c25-22-6-4-21(5-7-22)24-11-1-2-19(15-24)14-20(16-24)3-8-23(28)27-17-18-9-12-26-13-10-18/h4-7,9-10,12-13,19-20H,1-3,8,11,14-17H2,(H,27,28). The van der Waals surface area contributed by atoms with Crippen LogP contribution in [0.3, 0.4) is 0 Å². The van der Waals surface area contributed by atoms with Gasteiger partial charge in [0.2, 0.25) is 5.91 Å². The Morgan fingerprint density at radius 3 is 2.71 bits per heavy atom. The van der Waals surface area contributed by atoms with Crippen molar-refractivity contribution in [1.82, 2.24) is 10.3 Å². The summed E-state index contributed by atoms with van der Waals surface area (Å²) in [7, 11) is 0. The summed E-state index contributed by atoms with van der Waals surface area (Å²) < 4.78 is 0. The van der Waals surface area contributed by atoms with Crippen molar-refractivity contribution in [3.63, 3.8) is 0 Å². The zero-order valence-electron chi connectivity index (χ0n) is 16.4. The molecule has 1 aromatic heterocycles. The maximum Gasteiger partial charge on any atom is 0.220 e. The number of pyridine rings is 1. The lowest BCUT2D eigenvalue weighted by Crippen LogP contribution is -2.40. The van der Waals surface area contributed by atoms with E-state index < -0.39 is 0 Å². The lowest BCUT2D eigenvalue weighted by molar-refractivity contribution is -0.121. The molecule has 1 heterocycles. The number of rotatable bonds is 6. The summed E-state index contributed by atoms with van der Waals surface area (Å²) in [5, 5.41) is 3.87. The molecule has 2 aliphatic rings. The highest BCUT2D eigenvalue weighted by Gasteiger charge is 2.43. The lowest BCUT2D eigenvalue weighted by Gasteiger charge is -2.49. The Morgan fingerprint density at radius 1 is 1.14 bits per heavy atom. The number of fused-ring (bicyclic) bond motifs is 2. The molecule has 1 aromatic carbocycles. The summed E-state index contributed by atoms with van der Waals surface area (Å²) in [6.07, 6.45) is 12.9. The van der Waals surface area contributed by atoms with E-state index >= 15 is 0 Å². The van der Waals surface area contributed by atoms with E-state index in [-0.39, 0.29) is 5.91 Å². The van der Waals surface area contributed by atoms with E-state index in [2.05, 4.69) is 22.4 Å². The molecule has 2 aromatic rings. The van der Waals surface area contributed by atoms with Crippen molar-refractivity contribution in [3.05, 3.63) is 64.9 Å². The van der Waals surface area contributed by atoms with Gasteiger partial charge in [0.1, 0.15) is 0 Å². The first-order valence-electron chi connectivity index (χ1n) is 10.5. The molecule has 148 valence electrons. The van der Waals surface area contributed by atoms with E-state index in [1.54, 1.807) is 12.4 Å². The topological polar surface area (TPSA) is 42.0 Å². The van der Waals surface area contributed by atoms with Crippen molar-refractivity contribution in [2.45, 2.75) is 63.3 Å². The van der Waals surface area contributed by atoms with Gasteiger partial charge in [0.05, 0.1) is 0 Å². The zero-order valence-corrected chi connectivity index (χ0v) is 17.1. The number of amides is 1. The first-order valence-corrected chi connectivity index (χ1v) is 10.9. The molecule has 1 N–H and O–H groups in total. The fourth-order valence-electron chi connectivity index (χ4n) is 5.51. The Labute approximate surface area is 172 Å². The number of nitrogens with zero attached hydrogens (tertiary/aromatic N) is 1. The SMILES string of the molecule is O=C(CCC1CC2CCCC(c3ccc(Cl)cc3)(C2)C1)NCc1ccncc1. The summed E-state index contributed by atoms with van der Waals surface area (Å²) in [4.78, 5) is 16.4. The van der Waals surface area contributed by atoms with Crippen LogP contribution in [0.2, 0.25) is 5.02 Å². The molecule has 2 fully saturated rings. The van der Waals surface area contributed by atoms with Crippen molar-refractivity contribution >= 4 is 17.5 Å². The fraction of sp³-hybridized carbons (Fsp3) is 0.500. The van der Waals surface area contributed by atoms with Gasteiger partial charge in [0.15, 0.2) is 0 Å². The Morgan fingerprint density at radius 2 is 1.93 bits per heavy atom. The number of aromatic nitrogens is 1. The van der Waals surface area contributed by atoms with Gasteiger partial charge in [-0.3, -0.25) is 9.78 Å². The number of benzene rings is 1. The molecule has 28 heavy (non-hydrogen) atoms. The Bertz CT molecular complexity index is 792. The molecule has 0 spiro atoms. The quantitative estimate of drug-likeness (QED) is 0.683. The second-order valence-electron chi connectivity index (χ2n) is 8.73. The lowest BCUT2D eigenvalue weighted by atomic mass is 9.56. The van der Waals surface area contributed by atoms with Crippen molar-refractivity contribution < 1.29 is 4.79 Å². The van der Waals surface area contributed by atoms with E-state index in [1.165, 1.54) is 44.1 Å². The van der Waals surface area contributed by atoms with Crippen LogP contribution >= 0.6 is 11.6 Å². The number of hydrogen-bond donors (Lipinski definition) is 1. The number of halogens is 1. The van der Waals surface area contributed by atoms with Crippen LogP contribution in [-0.2, 0) is 16.8 Å². The van der Waals surface area contributed by atoms with Crippen molar-refractivity contribution in [2.75, 3.05) is 0 Å². The van der Waals surface area contributed by atoms with Gasteiger partial charge in [-0.1, -0.05) is 36.6 Å². The molecule has 3 unspecified atom stereocenters. The number of nitrogens with one attached hydrogen (secondary N) is 1. The average molecular weight is 397 g/mol. The van der Waals surface area contributed by atoms with Crippen LogP contribution in [0.5, 0.6) is 0 Å². The van der Waals surface area contributed by atoms with Gasteiger partial charge >= 0.3 is 0 Å². The van der Waals surface area contributed by atoms with Gasteiger partial charge in [-0.15, -0.1) is 0 Å². The predicted molar refractivity (Wildman–Crippen MR) is 113 cm³/mol. The normalized spacial score (nSPS) is 26.6. The Balaban J connectivity index is 1.35. The molecule has 3 atom stereocenters. The minimum atomic E-state index is 0.160. The van der Waals surface area contributed by atoms with Crippen LogP contribution < -0.4 is 5.32 Å². The molecule has 2 aliphatic carbocycles. The van der Waals surface area contributed by atoms with Crippen molar-refractivity contribution in [1.29, 1.82) is 0 Å². The molecule has 4 heteroatoms. The second-order valence-corrected chi connectivity index (χ2v) is 9.16. The molecule has 2 bridgehead atoms. The number of carbonyl (C=O) groups is 1. The summed E-state index contributed by atoms with van der Waals surface area (Å²) in [6, 6.07) is 12.4. The van der Waals surface area contributed by atoms with E-state index in [9.17, 15) is 4.79 Å². The van der Waals surface area contributed by atoms with Gasteiger partial charge in [0, 0.05) is 30.4 Å². The molecule has 0 radical (unpaired) electrons. The molecular weight excluding hydrogens is 368 g/mol. The zero-order chi connectivity index (χ0) is 19.4. The predicted octanol–water partition coefficient (Wildman–Crippen LogP) is 5.67. The summed E-state index contributed by atoms with van der Waals surface area (Å²) >= 11 is 6.12. The summed E-state index contributed by atoms with van der Waals surface area (Å²) in [5.41, 5.74) is 2.84. The van der Waals surface area contributed by atoms with Gasteiger partial charge in [0.25, 0.3) is 0 Å². The van der Waals surface area contributed by atoms with Crippen LogP contribution in [-0.4, -0.2) is 10.9 Å². The molecule has 4 rings (SSSR count). The highest BCUT2D eigenvalue weighted by atomic mass is 35.5. The third kappa shape index (κ3) is 4.57. The number of carbonyl (C=O) groups excluding carboxylic acids is 1. The largest absolute Gasteiger partial charge is 0.352 e. The molecular formula is C24H29ClN2O. The maximum absolute atomic E-state index is 12.4. The van der Waals surface area contributed by atoms with E-state index in [4.69, 9.17) is 11.6 Å². The minimum absolute atomic E-state index is 0.160. The van der Waals surface area contributed by atoms with Crippen molar-refractivity contribution in [2.24, 2.45) is 11.8 Å². The van der Waals surface area contributed by atoms with E-state index in [0.29, 0.717) is 24.3 Å². The Kier molecular flexibility index (Phi) is 6.01. The van der Waals surface area contributed by atoms with Crippen LogP contribution in [0.25, 0.3) is 0 Å². The van der Waals surface area contributed by atoms with Gasteiger partial charge in [-0.2, -0.15) is 0 Å². The summed E-state index contributed by atoms with van der Waals surface area (Å²) in [5.74, 6) is 1.61. The smallest absolute Gasteiger partial charge is 0.220 e. The maximum atomic E-state index is 12.4. The van der Waals surface area contributed by atoms with E-state index in [0.717, 1.165) is 22.9 Å². The molecule has 0 saturated heterocycles. The average Bonchev–Trinajstić information content (AvgIpc) is 2.71. The van der Waals surface area contributed by atoms with Crippen LogP contribution in [0.4, 0.5) is 0 Å². The summed E-state index contributed by atoms with van der Waals surface area (Å²) in [6.45, 7) is 0.587.